The monoisotopic (exact) mass is 501 g/mol. The lowest BCUT2D eigenvalue weighted by atomic mass is 9.89. The molecular weight excluding hydrogens is 466 g/mol. The van der Waals surface area contributed by atoms with Crippen molar-refractivity contribution in [2.75, 3.05) is 32.7 Å². The van der Waals surface area contributed by atoms with Gasteiger partial charge in [0.05, 0.1) is 12.1 Å². The summed E-state index contributed by atoms with van der Waals surface area (Å²) in [6.07, 6.45) is 1.78. The van der Waals surface area contributed by atoms with E-state index in [0.717, 1.165) is 30.5 Å². The van der Waals surface area contributed by atoms with Crippen molar-refractivity contribution in [3.05, 3.63) is 92.7 Å². The summed E-state index contributed by atoms with van der Waals surface area (Å²) in [5.74, 6) is 0.217. The van der Waals surface area contributed by atoms with E-state index in [-0.39, 0.29) is 23.9 Å². The second-order valence-corrected chi connectivity index (χ2v) is 11.1. The quantitative estimate of drug-likeness (QED) is 0.501. The molecule has 0 bridgehead atoms. The minimum Gasteiger partial charge on any atom is -0.340 e. The van der Waals surface area contributed by atoms with Crippen LogP contribution < -0.4 is 0 Å². The molecule has 2 aromatic carbocycles. The molecular formula is C30H35N3O2S. The van der Waals surface area contributed by atoms with Crippen molar-refractivity contribution in [3.8, 4) is 0 Å². The lowest BCUT2D eigenvalue weighted by Crippen LogP contribution is -2.51. The Morgan fingerprint density at radius 3 is 2.36 bits per heavy atom. The maximum atomic E-state index is 13.8. The molecule has 5 rings (SSSR count). The summed E-state index contributed by atoms with van der Waals surface area (Å²) in [6.45, 7) is 9.63. The first-order valence-corrected chi connectivity index (χ1v) is 13.8. The average molecular weight is 502 g/mol. The van der Waals surface area contributed by atoms with Gasteiger partial charge in [-0.15, -0.1) is 11.3 Å². The fourth-order valence-electron chi connectivity index (χ4n) is 5.62. The molecule has 3 aromatic rings. The van der Waals surface area contributed by atoms with Crippen LogP contribution >= 0.6 is 11.3 Å². The van der Waals surface area contributed by atoms with Crippen molar-refractivity contribution in [2.24, 2.45) is 0 Å². The van der Waals surface area contributed by atoms with Gasteiger partial charge in [0.25, 0.3) is 5.91 Å². The van der Waals surface area contributed by atoms with E-state index in [1.165, 1.54) is 21.6 Å². The SMILES string of the molecule is Cc1ccc(C(=O)N2CCCN(C(=O)[C@H](C)N3CCc4sccc4[C@@H]3c3ccccc3C)CC2)cc1. The van der Waals surface area contributed by atoms with Gasteiger partial charge >= 0.3 is 0 Å². The fourth-order valence-corrected chi connectivity index (χ4v) is 6.52. The normalized spacial score (nSPS) is 19.5. The number of carbonyl (C=O) groups excluding carboxylic acids is 2. The minimum atomic E-state index is -0.234. The highest BCUT2D eigenvalue weighted by Crippen LogP contribution is 2.40. The van der Waals surface area contributed by atoms with Crippen LogP contribution in [0.15, 0.2) is 60.0 Å². The number of thiophene rings is 1. The standard InChI is InChI=1S/C30H35N3O2S/c1-21-9-11-24(12-10-21)30(35)32-16-6-15-31(18-19-32)29(34)23(3)33-17-13-27-26(14-20-36-27)28(33)25-8-5-4-7-22(25)2/h4-5,7-12,14,20,23,28H,6,13,15-19H2,1-3H3/t23-,28-/m0/s1. The van der Waals surface area contributed by atoms with E-state index < -0.39 is 0 Å². The Labute approximate surface area is 218 Å². The molecule has 1 aromatic heterocycles. The number of aryl methyl sites for hydroxylation is 2. The maximum Gasteiger partial charge on any atom is 0.253 e. The lowest BCUT2D eigenvalue weighted by Gasteiger charge is -2.41. The predicted octanol–water partition coefficient (Wildman–Crippen LogP) is 5.08. The zero-order valence-corrected chi connectivity index (χ0v) is 22.3. The molecule has 0 N–H and O–H groups in total. The third-order valence-electron chi connectivity index (χ3n) is 7.73. The van der Waals surface area contributed by atoms with Crippen LogP contribution in [0, 0.1) is 13.8 Å². The number of rotatable bonds is 4. The van der Waals surface area contributed by atoms with Gasteiger partial charge in [-0.05, 0) is 73.9 Å². The van der Waals surface area contributed by atoms with Gasteiger partial charge in [0.2, 0.25) is 5.91 Å². The Kier molecular flexibility index (Phi) is 7.26. The van der Waals surface area contributed by atoms with Gasteiger partial charge in [0.1, 0.15) is 0 Å². The van der Waals surface area contributed by atoms with Crippen molar-refractivity contribution < 1.29 is 9.59 Å². The first kappa shape index (κ1) is 24.7. The van der Waals surface area contributed by atoms with Crippen molar-refractivity contribution in [1.29, 1.82) is 0 Å². The minimum absolute atomic E-state index is 0.0537. The number of carbonyl (C=O) groups is 2. The summed E-state index contributed by atoms with van der Waals surface area (Å²) < 4.78 is 0. The zero-order chi connectivity index (χ0) is 25.2. The summed E-state index contributed by atoms with van der Waals surface area (Å²) in [5.41, 5.74) is 5.73. The van der Waals surface area contributed by atoms with E-state index in [4.69, 9.17) is 0 Å². The smallest absolute Gasteiger partial charge is 0.253 e. The molecule has 1 saturated heterocycles. The van der Waals surface area contributed by atoms with Crippen LogP contribution in [-0.4, -0.2) is 65.3 Å². The first-order chi connectivity index (χ1) is 17.4. The molecule has 0 saturated carbocycles. The molecule has 0 aliphatic carbocycles. The Bertz CT molecular complexity index is 1240. The van der Waals surface area contributed by atoms with Gasteiger partial charge in [0, 0.05) is 43.2 Å². The highest BCUT2D eigenvalue weighted by atomic mass is 32.1. The van der Waals surface area contributed by atoms with Gasteiger partial charge in [-0.3, -0.25) is 14.5 Å². The molecule has 6 heteroatoms. The van der Waals surface area contributed by atoms with Gasteiger partial charge in [0.15, 0.2) is 0 Å². The number of hydrogen-bond acceptors (Lipinski definition) is 4. The first-order valence-electron chi connectivity index (χ1n) is 13.0. The van der Waals surface area contributed by atoms with E-state index in [1.807, 2.05) is 52.3 Å². The molecule has 2 amide bonds. The van der Waals surface area contributed by atoms with Crippen molar-refractivity contribution in [2.45, 2.75) is 45.7 Å². The fraction of sp³-hybridized carbons (Fsp3) is 0.400. The molecule has 1 fully saturated rings. The van der Waals surface area contributed by atoms with Crippen LogP contribution in [0.25, 0.3) is 0 Å². The van der Waals surface area contributed by atoms with Crippen LogP contribution in [0.3, 0.4) is 0 Å². The van der Waals surface area contributed by atoms with Crippen LogP contribution in [-0.2, 0) is 11.2 Å². The predicted molar refractivity (Wildman–Crippen MR) is 145 cm³/mol. The topological polar surface area (TPSA) is 43.9 Å². The number of fused-ring (bicyclic) bond motifs is 1. The molecule has 2 aliphatic rings. The summed E-state index contributed by atoms with van der Waals surface area (Å²) >= 11 is 1.82. The molecule has 36 heavy (non-hydrogen) atoms. The van der Waals surface area contributed by atoms with Crippen LogP contribution in [0.1, 0.15) is 56.9 Å². The van der Waals surface area contributed by atoms with Crippen molar-refractivity contribution in [3.63, 3.8) is 0 Å². The number of nitrogens with zero attached hydrogens (tertiary/aromatic N) is 3. The molecule has 0 spiro atoms. The summed E-state index contributed by atoms with van der Waals surface area (Å²) in [4.78, 5) is 34.6. The van der Waals surface area contributed by atoms with Gasteiger partial charge in [-0.2, -0.15) is 0 Å². The highest BCUT2D eigenvalue weighted by Gasteiger charge is 2.37. The Morgan fingerprint density at radius 2 is 1.58 bits per heavy atom. The Morgan fingerprint density at radius 1 is 0.861 bits per heavy atom. The summed E-state index contributed by atoms with van der Waals surface area (Å²) in [6, 6.07) is 18.4. The Hall–Kier alpha value is -2.96. The zero-order valence-electron chi connectivity index (χ0n) is 21.4. The average Bonchev–Trinajstić information content (AvgIpc) is 3.24. The highest BCUT2D eigenvalue weighted by molar-refractivity contribution is 7.10. The largest absolute Gasteiger partial charge is 0.340 e. The van der Waals surface area contributed by atoms with Gasteiger partial charge in [-0.1, -0.05) is 42.0 Å². The molecule has 3 heterocycles. The van der Waals surface area contributed by atoms with E-state index in [1.54, 1.807) is 0 Å². The van der Waals surface area contributed by atoms with Gasteiger partial charge < -0.3 is 9.80 Å². The molecule has 188 valence electrons. The summed E-state index contributed by atoms with van der Waals surface area (Å²) in [7, 11) is 0. The second-order valence-electron chi connectivity index (χ2n) is 10.1. The summed E-state index contributed by atoms with van der Waals surface area (Å²) in [5, 5.41) is 2.18. The maximum absolute atomic E-state index is 13.8. The van der Waals surface area contributed by atoms with Crippen LogP contribution in [0.4, 0.5) is 0 Å². The van der Waals surface area contributed by atoms with Crippen molar-refractivity contribution >= 4 is 23.2 Å². The van der Waals surface area contributed by atoms with Crippen LogP contribution in [0.2, 0.25) is 0 Å². The number of hydrogen-bond donors (Lipinski definition) is 0. The van der Waals surface area contributed by atoms with E-state index in [0.29, 0.717) is 26.2 Å². The van der Waals surface area contributed by atoms with E-state index in [2.05, 4.69) is 54.5 Å². The molecule has 5 nitrogen and oxygen atoms in total. The molecule has 0 radical (unpaired) electrons. The molecule has 0 unspecified atom stereocenters. The molecule has 2 atom stereocenters. The van der Waals surface area contributed by atoms with Crippen molar-refractivity contribution in [1.82, 2.24) is 14.7 Å². The van der Waals surface area contributed by atoms with Gasteiger partial charge in [-0.25, -0.2) is 0 Å². The molecule has 2 aliphatic heterocycles. The number of amides is 2. The van der Waals surface area contributed by atoms with Crippen LogP contribution in [0.5, 0.6) is 0 Å². The number of benzene rings is 2. The second kappa shape index (κ2) is 10.6. The lowest BCUT2D eigenvalue weighted by molar-refractivity contribution is -0.137. The Balaban J connectivity index is 1.32. The van der Waals surface area contributed by atoms with E-state index >= 15 is 0 Å². The van der Waals surface area contributed by atoms with E-state index in [9.17, 15) is 9.59 Å². The third-order valence-corrected chi connectivity index (χ3v) is 8.73. The third kappa shape index (κ3) is 4.84.